The number of hydrogen-bond acceptors (Lipinski definition) is 3. The van der Waals surface area contributed by atoms with Crippen molar-refractivity contribution in [1.29, 1.82) is 0 Å². The summed E-state index contributed by atoms with van der Waals surface area (Å²) >= 11 is 0. The van der Waals surface area contributed by atoms with E-state index in [1.807, 2.05) is 0 Å². The van der Waals surface area contributed by atoms with Gasteiger partial charge in [0.15, 0.2) is 0 Å². The predicted molar refractivity (Wildman–Crippen MR) is 68.8 cm³/mol. The van der Waals surface area contributed by atoms with Crippen LogP contribution < -0.4 is 5.32 Å². The van der Waals surface area contributed by atoms with Gasteiger partial charge in [-0.3, -0.25) is 4.90 Å². The molecule has 96 valence electrons. The summed E-state index contributed by atoms with van der Waals surface area (Å²) in [4.78, 5) is 2.59. The zero-order valence-corrected chi connectivity index (χ0v) is 11.5. The highest BCUT2D eigenvalue weighted by atomic mass is 16.5. The van der Waals surface area contributed by atoms with E-state index in [1.165, 1.54) is 6.42 Å². The highest BCUT2D eigenvalue weighted by Gasteiger charge is 2.27. The van der Waals surface area contributed by atoms with Crippen LogP contribution in [0.5, 0.6) is 0 Å². The Balaban J connectivity index is 2.50. The number of nitrogens with one attached hydrogen (secondary N) is 1. The van der Waals surface area contributed by atoms with Gasteiger partial charge in [-0.1, -0.05) is 13.8 Å². The van der Waals surface area contributed by atoms with Gasteiger partial charge >= 0.3 is 0 Å². The van der Waals surface area contributed by atoms with Gasteiger partial charge in [-0.05, 0) is 26.2 Å². The average molecular weight is 228 g/mol. The van der Waals surface area contributed by atoms with Crippen molar-refractivity contribution in [3.63, 3.8) is 0 Å². The fraction of sp³-hybridized carbons (Fsp3) is 1.00. The van der Waals surface area contributed by atoms with Gasteiger partial charge in [-0.2, -0.15) is 0 Å². The van der Waals surface area contributed by atoms with Gasteiger partial charge in [0, 0.05) is 38.8 Å². The molecule has 3 heteroatoms. The Morgan fingerprint density at radius 1 is 1.38 bits per heavy atom. The molecule has 1 fully saturated rings. The van der Waals surface area contributed by atoms with Gasteiger partial charge in [0.1, 0.15) is 0 Å². The molecule has 0 bridgehead atoms. The van der Waals surface area contributed by atoms with Crippen molar-refractivity contribution in [3.05, 3.63) is 0 Å². The summed E-state index contributed by atoms with van der Waals surface area (Å²) in [6.07, 6.45) is 1.61. The first-order valence-electron chi connectivity index (χ1n) is 6.53. The van der Waals surface area contributed by atoms with Crippen LogP contribution in [0.4, 0.5) is 0 Å². The van der Waals surface area contributed by atoms with Gasteiger partial charge in [-0.15, -0.1) is 0 Å². The van der Waals surface area contributed by atoms with E-state index in [2.05, 4.69) is 37.9 Å². The molecule has 1 aliphatic rings. The summed E-state index contributed by atoms with van der Waals surface area (Å²) in [5.74, 6) is 0.764. The number of piperazine rings is 1. The molecule has 1 N–H and O–H groups in total. The molecular weight excluding hydrogens is 200 g/mol. The minimum absolute atomic E-state index is 0.333. The SMILES string of the molecule is COC(C)CN1CC(C)NCC1CC(C)C. The van der Waals surface area contributed by atoms with E-state index < -0.39 is 0 Å². The molecule has 1 heterocycles. The summed E-state index contributed by atoms with van der Waals surface area (Å²) in [5.41, 5.74) is 0. The molecule has 1 aliphatic heterocycles. The van der Waals surface area contributed by atoms with Crippen molar-refractivity contribution in [2.75, 3.05) is 26.7 Å². The maximum absolute atomic E-state index is 5.38. The van der Waals surface area contributed by atoms with E-state index in [-0.39, 0.29) is 0 Å². The van der Waals surface area contributed by atoms with Crippen LogP contribution in [0.2, 0.25) is 0 Å². The molecular formula is C13H28N2O. The van der Waals surface area contributed by atoms with Crippen LogP contribution in [-0.2, 0) is 4.74 Å². The van der Waals surface area contributed by atoms with Crippen LogP contribution in [0.25, 0.3) is 0 Å². The maximum Gasteiger partial charge on any atom is 0.0670 e. The number of ether oxygens (including phenoxy) is 1. The third kappa shape index (κ3) is 4.40. The molecule has 0 aromatic heterocycles. The molecule has 3 atom stereocenters. The molecule has 1 rings (SSSR count). The minimum atomic E-state index is 0.333. The molecule has 0 saturated carbocycles. The average Bonchev–Trinajstić information content (AvgIpc) is 2.21. The van der Waals surface area contributed by atoms with E-state index in [1.54, 1.807) is 7.11 Å². The van der Waals surface area contributed by atoms with Crippen LogP contribution >= 0.6 is 0 Å². The lowest BCUT2D eigenvalue weighted by atomic mass is 9.99. The van der Waals surface area contributed by atoms with Crippen molar-refractivity contribution in [2.24, 2.45) is 5.92 Å². The van der Waals surface area contributed by atoms with E-state index in [4.69, 9.17) is 4.74 Å². The lowest BCUT2D eigenvalue weighted by Gasteiger charge is -2.41. The molecule has 0 aromatic rings. The molecule has 3 unspecified atom stereocenters. The molecule has 0 radical (unpaired) electrons. The van der Waals surface area contributed by atoms with Crippen molar-refractivity contribution in [1.82, 2.24) is 10.2 Å². The highest BCUT2D eigenvalue weighted by Crippen LogP contribution is 2.16. The summed E-state index contributed by atoms with van der Waals surface area (Å²) in [6.45, 7) is 12.3. The minimum Gasteiger partial charge on any atom is -0.380 e. The Morgan fingerprint density at radius 3 is 2.62 bits per heavy atom. The predicted octanol–water partition coefficient (Wildman–Crippen LogP) is 1.73. The third-order valence-electron chi connectivity index (χ3n) is 3.36. The zero-order chi connectivity index (χ0) is 12.1. The Morgan fingerprint density at radius 2 is 2.06 bits per heavy atom. The van der Waals surface area contributed by atoms with Gasteiger partial charge in [0.2, 0.25) is 0 Å². The fourth-order valence-corrected chi connectivity index (χ4v) is 2.44. The second-order valence-corrected chi connectivity index (χ2v) is 5.59. The second kappa shape index (κ2) is 6.58. The molecule has 0 amide bonds. The topological polar surface area (TPSA) is 24.5 Å². The normalized spacial score (nSPS) is 29.6. The van der Waals surface area contributed by atoms with Gasteiger partial charge < -0.3 is 10.1 Å². The Bertz CT molecular complexity index is 196. The van der Waals surface area contributed by atoms with Crippen LogP contribution in [0.15, 0.2) is 0 Å². The van der Waals surface area contributed by atoms with E-state index in [9.17, 15) is 0 Å². The van der Waals surface area contributed by atoms with Crippen molar-refractivity contribution in [3.8, 4) is 0 Å². The standard InChI is InChI=1S/C13H28N2O/c1-10(2)6-13-7-14-11(3)8-15(13)9-12(4)16-5/h10-14H,6-9H2,1-5H3. The quantitative estimate of drug-likeness (QED) is 0.775. The summed E-state index contributed by atoms with van der Waals surface area (Å²) in [6, 6.07) is 1.28. The molecule has 0 aromatic carbocycles. The highest BCUT2D eigenvalue weighted by molar-refractivity contribution is 4.85. The number of hydrogen-bond donors (Lipinski definition) is 1. The zero-order valence-electron chi connectivity index (χ0n) is 11.5. The lowest BCUT2D eigenvalue weighted by Crippen LogP contribution is -2.57. The first kappa shape index (κ1) is 13.9. The number of methoxy groups -OCH3 is 1. The van der Waals surface area contributed by atoms with E-state index in [0.717, 1.165) is 25.6 Å². The summed E-state index contributed by atoms with van der Waals surface area (Å²) in [7, 11) is 1.80. The second-order valence-electron chi connectivity index (χ2n) is 5.59. The molecule has 0 aliphatic carbocycles. The lowest BCUT2D eigenvalue weighted by molar-refractivity contribution is 0.0373. The Kier molecular flexibility index (Phi) is 5.73. The molecule has 1 saturated heterocycles. The van der Waals surface area contributed by atoms with Crippen LogP contribution in [0.1, 0.15) is 34.1 Å². The van der Waals surface area contributed by atoms with Crippen molar-refractivity contribution < 1.29 is 4.74 Å². The number of nitrogens with zero attached hydrogens (tertiary/aromatic N) is 1. The van der Waals surface area contributed by atoms with Crippen LogP contribution in [-0.4, -0.2) is 49.8 Å². The van der Waals surface area contributed by atoms with E-state index in [0.29, 0.717) is 18.2 Å². The monoisotopic (exact) mass is 228 g/mol. The smallest absolute Gasteiger partial charge is 0.0670 e. The Hall–Kier alpha value is -0.120. The van der Waals surface area contributed by atoms with Gasteiger partial charge in [0.05, 0.1) is 6.10 Å². The van der Waals surface area contributed by atoms with Gasteiger partial charge in [0.25, 0.3) is 0 Å². The molecule has 3 nitrogen and oxygen atoms in total. The number of rotatable bonds is 5. The molecule has 16 heavy (non-hydrogen) atoms. The fourth-order valence-electron chi connectivity index (χ4n) is 2.44. The maximum atomic E-state index is 5.38. The molecule has 0 spiro atoms. The van der Waals surface area contributed by atoms with Gasteiger partial charge in [-0.25, -0.2) is 0 Å². The van der Waals surface area contributed by atoms with Crippen LogP contribution in [0, 0.1) is 5.92 Å². The first-order chi connectivity index (χ1) is 7.52. The Labute approximate surface area is 101 Å². The third-order valence-corrected chi connectivity index (χ3v) is 3.36. The summed E-state index contributed by atoms with van der Waals surface area (Å²) < 4.78 is 5.38. The largest absolute Gasteiger partial charge is 0.380 e. The van der Waals surface area contributed by atoms with Crippen molar-refractivity contribution in [2.45, 2.75) is 52.3 Å². The summed E-state index contributed by atoms with van der Waals surface area (Å²) in [5, 5.41) is 3.58. The van der Waals surface area contributed by atoms with Crippen LogP contribution in [0.3, 0.4) is 0 Å². The first-order valence-corrected chi connectivity index (χ1v) is 6.53. The van der Waals surface area contributed by atoms with Crippen molar-refractivity contribution >= 4 is 0 Å². The van der Waals surface area contributed by atoms with E-state index >= 15 is 0 Å².